The van der Waals surface area contributed by atoms with E-state index in [1.807, 2.05) is 86.8 Å². The van der Waals surface area contributed by atoms with E-state index < -0.39 is 41.7 Å². The minimum absolute atomic E-state index is 0.0845. The summed E-state index contributed by atoms with van der Waals surface area (Å²) in [7, 11) is -0.447. The van der Waals surface area contributed by atoms with Gasteiger partial charge < -0.3 is 29.4 Å². The molecule has 0 unspecified atom stereocenters. The second-order valence-corrected chi connectivity index (χ2v) is 14.7. The summed E-state index contributed by atoms with van der Waals surface area (Å²) in [5.74, 6) is 0. The lowest BCUT2D eigenvalue weighted by molar-refractivity contribution is 0.00578. The van der Waals surface area contributed by atoms with Crippen molar-refractivity contribution in [2.45, 2.75) is 111 Å². The summed E-state index contributed by atoms with van der Waals surface area (Å²) in [6.07, 6.45) is 2.12. The summed E-state index contributed by atoms with van der Waals surface area (Å²) in [6, 6.07) is 8.11. The molecule has 2 aromatic rings. The van der Waals surface area contributed by atoms with Gasteiger partial charge in [-0.15, -0.1) is 11.3 Å². The maximum absolute atomic E-state index is 13.1. The van der Waals surface area contributed by atoms with Crippen LogP contribution in [-0.2, 0) is 18.8 Å². The van der Waals surface area contributed by atoms with E-state index in [-0.39, 0.29) is 6.04 Å². The molecule has 0 spiro atoms. The quantitative estimate of drug-likeness (QED) is 0.240. The molecular formula is C31H49BN4O6S. The first-order valence-electron chi connectivity index (χ1n) is 14.9. The van der Waals surface area contributed by atoms with Crippen molar-refractivity contribution in [3.63, 3.8) is 0 Å². The number of aromatic nitrogens is 1. The van der Waals surface area contributed by atoms with Crippen LogP contribution < -0.4 is 21.0 Å². The summed E-state index contributed by atoms with van der Waals surface area (Å²) >= 11 is 1.39. The number of benzene rings is 1. The number of amides is 2. The van der Waals surface area contributed by atoms with E-state index in [9.17, 15) is 9.59 Å². The lowest BCUT2D eigenvalue weighted by Crippen LogP contribution is -2.41. The summed E-state index contributed by atoms with van der Waals surface area (Å²) in [5, 5.41) is 8.85. The SMILES string of the molecule is CC(C)(C)OC(=O)NCCCN[C@@H](CCN(C(=O)OC(C)(C)C)c1nccs1)c1ccc(B2OC(C)(C)C(C)(C)O2)cc1. The Morgan fingerprint density at radius 2 is 1.58 bits per heavy atom. The Balaban J connectivity index is 1.72. The fourth-order valence-electron chi connectivity index (χ4n) is 4.31. The monoisotopic (exact) mass is 616 g/mol. The topological polar surface area (TPSA) is 111 Å². The minimum atomic E-state index is -0.630. The zero-order valence-electron chi connectivity index (χ0n) is 27.4. The number of anilines is 1. The van der Waals surface area contributed by atoms with E-state index >= 15 is 0 Å². The highest BCUT2D eigenvalue weighted by Gasteiger charge is 2.51. The molecule has 12 heteroatoms. The summed E-state index contributed by atoms with van der Waals surface area (Å²) in [5.41, 5.74) is -0.0144. The molecule has 238 valence electrons. The highest BCUT2D eigenvalue weighted by molar-refractivity contribution is 7.13. The fraction of sp³-hybridized carbons (Fsp3) is 0.645. The molecule has 1 fully saturated rings. The Morgan fingerprint density at radius 1 is 0.977 bits per heavy atom. The van der Waals surface area contributed by atoms with Crippen molar-refractivity contribution in [2.24, 2.45) is 0 Å². The van der Waals surface area contributed by atoms with Crippen LogP contribution in [0.1, 0.15) is 93.7 Å². The number of ether oxygens (including phenoxy) is 2. The molecule has 2 amide bonds. The van der Waals surface area contributed by atoms with Crippen molar-refractivity contribution in [3.8, 4) is 0 Å². The molecule has 10 nitrogen and oxygen atoms in total. The van der Waals surface area contributed by atoms with Crippen LogP contribution >= 0.6 is 11.3 Å². The standard InChI is InChI=1S/C31H49BN4O6S/c1-28(2,3)39-26(37)35-18-11-17-33-24(16-20-36(25-34-19-21-43-25)27(38)40-29(4,5)6)22-12-14-23(15-13-22)32-41-30(7,8)31(9,10)42-32/h12-15,19,21,24,33H,11,16-18,20H2,1-10H3,(H,35,37)/t24-/m0/s1. The van der Waals surface area contributed by atoms with Crippen molar-refractivity contribution < 1.29 is 28.4 Å². The third kappa shape index (κ3) is 10.5. The van der Waals surface area contributed by atoms with Gasteiger partial charge in [0.25, 0.3) is 0 Å². The van der Waals surface area contributed by atoms with E-state index in [2.05, 4.69) is 27.8 Å². The first kappa shape index (κ1) is 34.8. The van der Waals surface area contributed by atoms with Crippen LogP contribution in [0.25, 0.3) is 0 Å². The predicted molar refractivity (Wildman–Crippen MR) is 172 cm³/mol. The van der Waals surface area contributed by atoms with Crippen molar-refractivity contribution >= 4 is 41.2 Å². The Bertz CT molecular complexity index is 1180. The third-order valence-electron chi connectivity index (χ3n) is 7.18. The summed E-state index contributed by atoms with van der Waals surface area (Å²) < 4.78 is 23.5. The Kier molecular flexibility index (Phi) is 11.3. The number of hydrogen-bond acceptors (Lipinski definition) is 9. The number of carbonyl (C=O) groups is 2. The van der Waals surface area contributed by atoms with Gasteiger partial charge in [-0.1, -0.05) is 24.3 Å². The lowest BCUT2D eigenvalue weighted by atomic mass is 9.78. The highest BCUT2D eigenvalue weighted by Crippen LogP contribution is 2.36. The Hall–Kier alpha value is -2.67. The van der Waals surface area contributed by atoms with Gasteiger partial charge in [0, 0.05) is 30.7 Å². The van der Waals surface area contributed by atoms with Gasteiger partial charge in [0.1, 0.15) is 11.2 Å². The molecule has 1 aromatic heterocycles. The van der Waals surface area contributed by atoms with Gasteiger partial charge in [0.2, 0.25) is 0 Å². The fourth-order valence-corrected chi connectivity index (χ4v) is 4.97. The molecule has 1 aromatic carbocycles. The number of nitrogens with one attached hydrogen (secondary N) is 2. The van der Waals surface area contributed by atoms with Gasteiger partial charge in [-0.2, -0.15) is 0 Å². The number of rotatable bonds is 11. The molecule has 1 aliphatic heterocycles. The van der Waals surface area contributed by atoms with Gasteiger partial charge in [-0.05, 0) is 99.7 Å². The molecule has 2 heterocycles. The molecule has 0 saturated carbocycles. The zero-order valence-corrected chi connectivity index (χ0v) is 28.2. The smallest absolute Gasteiger partial charge is 0.444 e. The van der Waals surface area contributed by atoms with Crippen molar-refractivity contribution in [3.05, 3.63) is 41.4 Å². The van der Waals surface area contributed by atoms with Gasteiger partial charge in [-0.3, -0.25) is 4.90 Å². The number of hydrogen-bond donors (Lipinski definition) is 2. The van der Waals surface area contributed by atoms with Gasteiger partial charge in [-0.25, -0.2) is 14.6 Å². The second kappa shape index (κ2) is 14.0. The maximum Gasteiger partial charge on any atom is 0.494 e. The molecule has 2 N–H and O–H groups in total. The van der Waals surface area contributed by atoms with Gasteiger partial charge in [0.15, 0.2) is 5.13 Å². The predicted octanol–water partition coefficient (Wildman–Crippen LogP) is 5.82. The molecule has 3 rings (SSSR count). The molecule has 0 radical (unpaired) electrons. The van der Waals surface area contributed by atoms with Crippen molar-refractivity contribution in [2.75, 3.05) is 24.5 Å². The van der Waals surface area contributed by atoms with Gasteiger partial charge >= 0.3 is 19.3 Å². The Labute approximate surface area is 261 Å². The van der Waals surface area contributed by atoms with Crippen LogP contribution in [0.3, 0.4) is 0 Å². The summed E-state index contributed by atoms with van der Waals surface area (Å²) in [4.78, 5) is 31.1. The van der Waals surface area contributed by atoms with Crippen LogP contribution in [0.4, 0.5) is 14.7 Å². The number of nitrogens with zero attached hydrogens (tertiary/aromatic N) is 2. The first-order valence-corrected chi connectivity index (χ1v) is 15.8. The molecule has 1 atom stereocenters. The molecule has 1 aliphatic rings. The normalized spacial score (nSPS) is 16.9. The maximum atomic E-state index is 13.1. The molecule has 1 saturated heterocycles. The van der Waals surface area contributed by atoms with E-state index in [1.54, 1.807) is 11.1 Å². The van der Waals surface area contributed by atoms with Crippen molar-refractivity contribution in [1.29, 1.82) is 0 Å². The largest absolute Gasteiger partial charge is 0.494 e. The number of carbonyl (C=O) groups excluding carboxylic acids is 2. The molecular weight excluding hydrogens is 567 g/mol. The average Bonchev–Trinajstić information content (AvgIpc) is 3.46. The molecule has 0 bridgehead atoms. The second-order valence-electron chi connectivity index (χ2n) is 13.8. The van der Waals surface area contributed by atoms with Gasteiger partial charge in [0.05, 0.1) is 11.2 Å². The van der Waals surface area contributed by atoms with E-state index in [0.717, 1.165) is 11.0 Å². The van der Waals surface area contributed by atoms with Crippen LogP contribution in [0, 0.1) is 0 Å². The minimum Gasteiger partial charge on any atom is -0.444 e. The van der Waals surface area contributed by atoms with E-state index in [0.29, 0.717) is 37.6 Å². The Morgan fingerprint density at radius 3 is 2.12 bits per heavy atom. The van der Waals surface area contributed by atoms with E-state index in [4.69, 9.17) is 18.8 Å². The van der Waals surface area contributed by atoms with Crippen LogP contribution in [0.5, 0.6) is 0 Å². The van der Waals surface area contributed by atoms with Crippen LogP contribution in [-0.4, -0.2) is 66.3 Å². The highest BCUT2D eigenvalue weighted by atomic mass is 32.1. The van der Waals surface area contributed by atoms with E-state index in [1.165, 1.54) is 11.3 Å². The average molecular weight is 617 g/mol. The van der Waals surface area contributed by atoms with Crippen LogP contribution in [0.15, 0.2) is 35.8 Å². The third-order valence-corrected chi connectivity index (χ3v) is 7.98. The number of alkyl carbamates (subject to hydrolysis) is 1. The molecule has 43 heavy (non-hydrogen) atoms. The molecule has 0 aliphatic carbocycles. The number of thiazole rings is 1. The first-order chi connectivity index (χ1) is 19.9. The lowest BCUT2D eigenvalue weighted by Gasteiger charge is -2.32. The van der Waals surface area contributed by atoms with Crippen molar-refractivity contribution in [1.82, 2.24) is 15.6 Å². The zero-order chi connectivity index (χ0) is 32.1. The summed E-state index contributed by atoms with van der Waals surface area (Å²) in [6.45, 7) is 20.7. The van der Waals surface area contributed by atoms with Crippen LogP contribution in [0.2, 0.25) is 0 Å².